The number of para-hydroxylation sites is 1. The van der Waals surface area contributed by atoms with Crippen LogP contribution in [-0.2, 0) is 11.3 Å². The molecule has 2 aromatic rings. The van der Waals surface area contributed by atoms with E-state index in [2.05, 4.69) is 4.74 Å². The maximum absolute atomic E-state index is 12.6. The Bertz CT molecular complexity index is 826. The highest BCUT2D eigenvalue weighted by atomic mass is 35.5. The fourth-order valence-corrected chi connectivity index (χ4v) is 3.57. The number of carbonyl (C=O) groups is 1. The molecule has 2 unspecified atom stereocenters. The zero-order chi connectivity index (χ0) is 20.3. The van der Waals surface area contributed by atoms with Crippen LogP contribution in [0.15, 0.2) is 48.5 Å². The van der Waals surface area contributed by atoms with Crippen LogP contribution in [0.25, 0.3) is 0 Å². The third kappa shape index (κ3) is 4.70. The molecule has 28 heavy (non-hydrogen) atoms. The van der Waals surface area contributed by atoms with E-state index in [1.54, 1.807) is 4.90 Å². The first-order chi connectivity index (χ1) is 13.3. The van der Waals surface area contributed by atoms with Crippen LogP contribution in [-0.4, -0.2) is 29.2 Å². The number of alkyl halides is 4. The van der Waals surface area contributed by atoms with Crippen molar-refractivity contribution in [3.63, 3.8) is 0 Å². The molecule has 1 aliphatic heterocycles. The van der Waals surface area contributed by atoms with Crippen LogP contribution in [0.2, 0.25) is 0 Å². The highest BCUT2D eigenvalue weighted by Crippen LogP contribution is 2.40. The largest absolute Gasteiger partial charge is 0.573 e. The SMILES string of the molecule is CCOc1ccccc1C1CC(Cl)C(=O)N1Cc1ccc(OC(F)(F)F)cc1. The molecular formula is C20H19ClF3NO3. The van der Waals surface area contributed by atoms with Gasteiger partial charge in [0, 0.05) is 12.1 Å². The van der Waals surface area contributed by atoms with Crippen molar-refractivity contribution in [1.82, 2.24) is 4.90 Å². The summed E-state index contributed by atoms with van der Waals surface area (Å²) < 4.78 is 46.5. The number of benzene rings is 2. The van der Waals surface area contributed by atoms with Crippen molar-refractivity contribution in [2.75, 3.05) is 6.61 Å². The Labute approximate surface area is 165 Å². The standard InChI is InChI=1S/C20H19ClF3NO3/c1-2-27-18-6-4-3-5-15(18)17-11-16(21)19(26)25(17)12-13-7-9-14(10-8-13)28-20(22,23)24/h3-10,16-17H,2,11-12H2,1H3. The zero-order valence-corrected chi connectivity index (χ0v) is 15.8. The lowest BCUT2D eigenvalue weighted by Crippen LogP contribution is -2.29. The van der Waals surface area contributed by atoms with E-state index in [9.17, 15) is 18.0 Å². The molecule has 0 spiro atoms. The Hall–Kier alpha value is -2.41. The summed E-state index contributed by atoms with van der Waals surface area (Å²) in [6, 6.07) is 12.6. The van der Waals surface area contributed by atoms with Gasteiger partial charge >= 0.3 is 6.36 Å². The number of hydrogen-bond acceptors (Lipinski definition) is 3. The van der Waals surface area contributed by atoms with Crippen LogP contribution in [0.3, 0.4) is 0 Å². The minimum Gasteiger partial charge on any atom is -0.494 e. The first-order valence-electron chi connectivity index (χ1n) is 8.79. The predicted molar refractivity (Wildman–Crippen MR) is 98.3 cm³/mol. The summed E-state index contributed by atoms with van der Waals surface area (Å²) in [5.74, 6) is 0.165. The third-order valence-corrected chi connectivity index (χ3v) is 4.81. The van der Waals surface area contributed by atoms with Gasteiger partial charge in [0.25, 0.3) is 0 Å². The van der Waals surface area contributed by atoms with Gasteiger partial charge in [0.1, 0.15) is 16.9 Å². The highest BCUT2D eigenvalue weighted by molar-refractivity contribution is 6.31. The Kier molecular flexibility index (Phi) is 6.03. The van der Waals surface area contributed by atoms with Crippen molar-refractivity contribution in [2.24, 2.45) is 0 Å². The molecular weight excluding hydrogens is 395 g/mol. The molecule has 1 fully saturated rings. The summed E-state index contributed by atoms with van der Waals surface area (Å²) in [4.78, 5) is 14.2. The van der Waals surface area contributed by atoms with E-state index >= 15 is 0 Å². The van der Waals surface area contributed by atoms with Gasteiger partial charge in [-0.2, -0.15) is 0 Å². The fourth-order valence-electron chi connectivity index (χ4n) is 3.28. The summed E-state index contributed by atoms with van der Waals surface area (Å²) in [7, 11) is 0. The quantitative estimate of drug-likeness (QED) is 0.621. The number of amides is 1. The van der Waals surface area contributed by atoms with Gasteiger partial charge in [-0.15, -0.1) is 24.8 Å². The lowest BCUT2D eigenvalue weighted by atomic mass is 10.0. The zero-order valence-electron chi connectivity index (χ0n) is 15.1. The number of likely N-dealkylation sites (tertiary alicyclic amines) is 1. The molecule has 8 heteroatoms. The lowest BCUT2D eigenvalue weighted by Gasteiger charge is -2.26. The summed E-state index contributed by atoms with van der Waals surface area (Å²) >= 11 is 6.22. The molecule has 1 saturated heterocycles. The average molecular weight is 414 g/mol. The molecule has 150 valence electrons. The van der Waals surface area contributed by atoms with Crippen LogP contribution in [0.5, 0.6) is 11.5 Å². The molecule has 0 radical (unpaired) electrons. The summed E-state index contributed by atoms with van der Waals surface area (Å²) in [5, 5.41) is -0.660. The van der Waals surface area contributed by atoms with E-state index in [0.29, 0.717) is 24.3 Å². The van der Waals surface area contributed by atoms with Crippen molar-refractivity contribution >= 4 is 17.5 Å². The van der Waals surface area contributed by atoms with Crippen LogP contribution in [0, 0.1) is 0 Å². The maximum Gasteiger partial charge on any atom is 0.573 e. The average Bonchev–Trinajstić information content (AvgIpc) is 2.91. The second kappa shape index (κ2) is 8.31. The maximum atomic E-state index is 12.6. The molecule has 4 nitrogen and oxygen atoms in total. The van der Waals surface area contributed by atoms with Gasteiger partial charge in [-0.1, -0.05) is 30.3 Å². The molecule has 3 rings (SSSR count). The summed E-state index contributed by atoms with van der Waals surface area (Å²) in [6.45, 7) is 2.59. The second-order valence-corrected chi connectivity index (χ2v) is 6.87. The van der Waals surface area contributed by atoms with Crippen molar-refractivity contribution < 1.29 is 27.4 Å². The number of nitrogens with zero attached hydrogens (tertiary/aromatic N) is 1. The van der Waals surface area contributed by atoms with E-state index in [4.69, 9.17) is 16.3 Å². The predicted octanol–water partition coefficient (Wildman–Crippen LogP) is 5.06. The molecule has 0 aliphatic carbocycles. The van der Waals surface area contributed by atoms with Gasteiger partial charge in [-0.05, 0) is 37.1 Å². The fraction of sp³-hybridized carbons (Fsp3) is 0.350. The molecule has 2 aromatic carbocycles. The first-order valence-corrected chi connectivity index (χ1v) is 9.23. The number of halogens is 4. The van der Waals surface area contributed by atoms with Crippen molar-refractivity contribution in [3.05, 3.63) is 59.7 Å². The minimum absolute atomic E-state index is 0.214. The van der Waals surface area contributed by atoms with Gasteiger partial charge in [-0.3, -0.25) is 4.79 Å². The lowest BCUT2D eigenvalue weighted by molar-refractivity contribution is -0.274. The number of ether oxygens (including phenoxy) is 2. The number of carbonyl (C=O) groups excluding carboxylic acids is 1. The Morgan fingerprint density at radius 3 is 2.46 bits per heavy atom. The Morgan fingerprint density at radius 2 is 1.82 bits per heavy atom. The minimum atomic E-state index is -4.74. The Morgan fingerprint density at radius 1 is 1.14 bits per heavy atom. The molecule has 0 N–H and O–H groups in total. The van der Waals surface area contributed by atoms with E-state index in [0.717, 1.165) is 5.56 Å². The molecule has 0 aromatic heterocycles. The topological polar surface area (TPSA) is 38.8 Å². The van der Waals surface area contributed by atoms with E-state index in [1.165, 1.54) is 24.3 Å². The third-order valence-electron chi connectivity index (χ3n) is 4.45. The van der Waals surface area contributed by atoms with Gasteiger partial charge in [0.2, 0.25) is 5.91 Å². The molecule has 1 heterocycles. The second-order valence-electron chi connectivity index (χ2n) is 6.35. The monoisotopic (exact) mass is 413 g/mol. The van der Waals surface area contributed by atoms with Gasteiger partial charge < -0.3 is 14.4 Å². The van der Waals surface area contributed by atoms with Crippen LogP contribution in [0.4, 0.5) is 13.2 Å². The molecule has 0 bridgehead atoms. The van der Waals surface area contributed by atoms with Gasteiger partial charge in [0.05, 0.1) is 12.6 Å². The van der Waals surface area contributed by atoms with Crippen molar-refractivity contribution in [3.8, 4) is 11.5 Å². The number of hydrogen-bond donors (Lipinski definition) is 0. The highest BCUT2D eigenvalue weighted by Gasteiger charge is 2.40. The van der Waals surface area contributed by atoms with E-state index < -0.39 is 11.7 Å². The normalized spacial score (nSPS) is 19.8. The molecule has 2 atom stereocenters. The molecule has 0 saturated carbocycles. The van der Waals surface area contributed by atoms with E-state index in [1.807, 2.05) is 31.2 Å². The van der Waals surface area contributed by atoms with E-state index in [-0.39, 0.29) is 24.2 Å². The van der Waals surface area contributed by atoms with Crippen LogP contribution >= 0.6 is 11.6 Å². The van der Waals surface area contributed by atoms with Crippen molar-refractivity contribution in [1.29, 1.82) is 0 Å². The smallest absolute Gasteiger partial charge is 0.494 e. The Balaban J connectivity index is 1.82. The molecule has 1 aliphatic rings. The molecule has 1 amide bonds. The first kappa shape index (κ1) is 20.3. The van der Waals surface area contributed by atoms with Crippen molar-refractivity contribution in [2.45, 2.75) is 37.7 Å². The van der Waals surface area contributed by atoms with Crippen LogP contribution in [0.1, 0.15) is 30.5 Å². The van der Waals surface area contributed by atoms with Crippen LogP contribution < -0.4 is 9.47 Å². The summed E-state index contributed by atoms with van der Waals surface area (Å²) in [6.07, 6.45) is -4.31. The van der Waals surface area contributed by atoms with Gasteiger partial charge in [0.15, 0.2) is 0 Å². The van der Waals surface area contributed by atoms with Gasteiger partial charge in [-0.25, -0.2) is 0 Å². The summed E-state index contributed by atoms with van der Waals surface area (Å²) in [5.41, 5.74) is 1.53. The number of rotatable bonds is 6.